The van der Waals surface area contributed by atoms with Crippen LogP contribution in [0.4, 0.5) is 0 Å². The predicted octanol–water partition coefficient (Wildman–Crippen LogP) is 5.22. The number of hydrogen-bond donors (Lipinski definition) is 0. The summed E-state index contributed by atoms with van der Waals surface area (Å²) in [6, 6.07) is 0. The lowest BCUT2D eigenvalue weighted by atomic mass is 9.88. The molecule has 0 bridgehead atoms. The Morgan fingerprint density at radius 1 is 0.917 bits per heavy atom. The maximum absolute atomic E-state index is 11.9. The van der Waals surface area contributed by atoms with Crippen molar-refractivity contribution in [1.29, 1.82) is 0 Å². The SMILES string of the molecule is CC(C)(C)OC1CCN(CCCCCCCC(=O)C(C)(C)C)CC1. The number of unbranched alkanes of at least 4 members (excludes halogenated alkanes) is 4. The molecule has 0 radical (unpaired) electrons. The average Bonchev–Trinajstić information content (AvgIpc) is 2.45. The number of carbonyl (C=O) groups is 1. The molecule has 24 heavy (non-hydrogen) atoms. The van der Waals surface area contributed by atoms with Gasteiger partial charge in [-0.15, -0.1) is 0 Å². The molecule has 1 saturated heterocycles. The molecule has 1 heterocycles. The third-order valence-corrected chi connectivity index (χ3v) is 4.77. The van der Waals surface area contributed by atoms with Gasteiger partial charge in [-0.2, -0.15) is 0 Å². The normalized spacial score (nSPS) is 18.1. The summed E-state index contributed by atoms with van der Waals surface area (Å²) in [4.78, 5) is 14.4. The van der Waals surface area contributed by atoms with E-state index in [1.54, 1.807) is 0 Å². The van der Waals surface area contributed by atoms with Crippen molar-refractivity contribution in [3.05, 3.63) is 0 Å². The largest absolute Gasteiger partial charge is 0.373 e. The molecule has 1 aliphatic rings. The molecule has 0 aromatic carbocycles. The standard InChI is InChI=1S/C21H41NO2/c1-20(2,3)19(23)12-10-8-7-9-11-15-22-16-13-18(14-17-22)24-21(4,5)6/h18H,7-17H2,1-6H3. The summed E-state index contributed by atoms with van der Waals surface area (Å²) < 4.78 is 6.09. The minimum atomic E-state index is -0.164. The van der Waals surface area contributed by atoms with Gasteiger partial charge in [0.2, 0.25) is 0 Å². The van der Waals surface area contributed by atoms with Crippen LogP contribution in [-0.4, -0.2) is 42.0 Å². The summed E-state index contributed by atoms with van der Waals surface area (Å²) >= 11 is 0. The van der Waals surface area contributed by atoms with Crippen molar-refractivity contribution >= 4 is 5.78 Å². The van der Waals surface area contributed by atoms with E-state index in [0.717, 1.165) is 12.8 Å². The summed E-state index contributed by atoms with van der Waals surface area (Å²) in [5.74, 6) is 0.405. The highest BCUT2D eigenvalue weighted by molar-refractivity contribution is 5.83. The zero-order valence-electron chi connectivity index (χ0n) is 17.1. The molecule has 142 valence electrons. The lowest BCUT2D eigenvalue weighted by Crippen LogP contribution is -2.40. The molecule has 0 unspecified atom stereocenters. The molecule has 0 spiro atoms. The molecule has 0 aliphatic carbocycles. The zero-order valence-corrected chi connectivity index (χ0v) is 17.1. The van der Waals surface area contributed by atoms with Crippen molar-refractivity contribution in [2.24, 2.45) is 5.41 Å². The Kier molecular flexibility index (Phi) is 8.94. The fraction of sp³-hybridized carbons (Fsp3) is 0.952. The van der Waals surface area contributed by atoms with Crippen LogP contribution in [0.5, 0.6) is 0 Å². The lowest BCUT2D eigenvalue weighted by Gasteiger charge is -2.35. The summed E-state index contributed by atoms with van der Waals surface area (Å²) in [5, 5.41) is 0. The van der Waals surface area contributed by atoms with Crippen LogP contribution < -0.4 is 0 Å². The number of hydrogen-bond acceptors (Lipinski definition) is 3. The Morgan fingerprint density at radius 3 is 2.00 bits per heavy atom. The number of carbonyl (C=O) groups excluding carboxylic acids is 1. The molecule has 0 aromatic heterocycles. The molecule has 1 aliphatic heterocycles. The number of likely N-dealkylation sites (tertiary alicyclic amines) is 1. The van der Waals surface area contributed by atoms with Gasteiger partial charge in [-0.05, 0) is 53.0 Å². The molecule has 0 aromatic rings. The molecule has 0 amide bonds. The molecule has 1 fully saturated rings. The van der Waals surface area contributed by atoms with E-state index >= 15 is 0 Å². The van der Waals surface area contributed by atoms with Gasteiger partial charge in [0.1, 0.15) is 5.78 Å². The van der Waals surface area contributed by atoms with Crippen molar-refractivity contribution in [2.75, 3.05) is 19.6 Å². The first kappa shape index (κ1) is 21.6. The number of ketones is 1. The molecule has 0 N–H and O–H groups in total. The summed E-state index contributed by atoms with van der Waals surface area (Å²) in [5.41, 5.74) is -0.177. The van der Waals surface area contributed by atoms with E-state index in [9.17, 15) is 4.79 Å². The van der Waals surface area contributed by atoms with Crippen molar-refractivity contribution < 1.29 is 9.53 Å². The van der Waals surface area contributed by atoms with E-state index in [0.29, 0.717) is 11.9 Å². The van der Waals surface area contributed by atoms with Gasteiger partial charge in [-0.25, -0.2) is 0 Å². The van der Waals surface area contributed by atoms with E-state index in [2.05, 4.69) is 25.7 Å². The van der Waals surface area contributed by atoms with Gasteiger partial charge < -0.3 is 9.64 Å². The number of piperidine rings is 1. The second kappa shape index (κ2) is 9.91. The minimum absolute atomic E-state index is 0.0127. The Bertz CT molecular complexity index is 357. The van der Waals surface area contributed by atoms with E-state index < -0.39 is 0 Å². The van der Waals surface area contributed by atoms with Crippen LogP contribution in [-0.2, 0) is 9.53 Å². The fourth-order valence-electron chi connectivity index (χ4n) is 3.28. The Hall–Kier alpha value is -0.410. The molecular formula is C21H41NO2. The number of Topliss-reactive ketones (excluding diaryl/α,β-unsaturated/α-hetero) is 1. The van der Waals surface area contributed by atoms with Gasteiger partial charge in [0.15, 0.2) is 0 Å². The Balaban J connectivity index is 1.99. The molecule has 3 nitrogen and oxygen atoms in total. The maximum Gasteiger partial charge on any atom is 0.138 e. The molecule has 3 heteroatoms. The smallest absolute Gasteiger partial charge is 0.138 e. The zero-order chi connectivity index (χ0) is 18.2. The molecular weight excluding hydrogens is 298 g/mol. The third kappa shape index (κ3) is 9.78. The molecule has 0 atom stereocenters. The number of ether oxygens (including phenoxy) is 1. The molecule has 0 saturated carbocycles. The van der Waals surface area contributed by atoms with Crippen LogP contribution in [0.25, 0.3) is 0 Å². The van der Waals surface area contributed by atoms with Gasteiger partial charge in [-0.1, -0.05) is 40.0 Å². The van der Waals surface area contributed by atoms with E-state index in [1.807, 2.05) is 20.8 Å². The van der Waals surface area contributed by atoms with Crippen LogP contribution in [0.15, 0.2) is 0 Å². The van der Waals surface area contributed by atoms with Crippen LogP contribution in [0, 0.1) is 5.41 Å². The Morgan fingerprint density at radius 2 is 1.46 bits per heavy atom. The van der Waals surface area contributed by atoms with Crippen LogP contribution in [0.1, 0.15) is 92.9 Å². The van der Waals surface area contributed by atoms with Gasteiger partial charge in [-0.3, -0.25) is 4.79 Å². The monoisotopic (exact) mass is 339 g/mol. The highest BCUT2D eigenvalue weighted by Crippen LogP contribution is 2.21. The summed E-state index contributed by atoms with van der Waals surface area (Å²) in [6.45, 7) is 16.1. The van der Waals surface area contributed by atoms with Gasteiger partial charge >= 0.3 is 0 Å². The van der Waals surface area contributed by atoms with E-state index in [4.69, 9.17) is 4.74 Å². The predicted molar refractivity (Wildman–Crippen MR) is 102 cm³/mol. The van der Waals surface area contributed by atoms with Crippen molar-refractivity contribution in [2.45, 2.75) is 105 Å². The van der Waals surface area contributed by atoms with Crippen molar-refractivity contribution in [1.82, 2.24) is 4.90 Å². The number of rotatable bonds is 9. The van der Waals surface area contributed by atoms with Crippen molar-refractivity contribution in [3.63, 3.8) is 0 Å². The number of nitrogens with zero attached hydrogens (tertiary/aromatic N) is 1. The van der Waals surface area contributed by atoms with Crippen LogP contribution >= 0.6 is 0 Å². The maximum atomic E-state index is 11.9. The first-order chi connectivity index (χ1) is 11.1. The fourth-order valence-corrected chi connectivity index (χ4v) is 3.28. The summed E-state index contributed by atoms with van der Waals surface area (Å²) in [6.07, 6.45) is 9.65. The molecule has 1 rings (SSSR count). The minimum Gasteiger partial charge on any atom is -0.373 e. The quantitative estimate of drug-likeness (QED) is 0.539. The van der Waals surface area contributed by atoms with Gasteiger partial charge in [0, 0.05) is 24.9 Å². The first-order valence-electron chi connectivity index (χ1n) is 10.0. The van der Waals surface area contributed by atoms with E-state index in [-0.39, 0.29) is 11.0 Å². The Labute approximate surface area is 150 Å². The van der Waals surface area contributed by atoms with Gasteiger partial charge in [0.25, 0.3) is 0 Å². The second-order valence-electron chi connectivity index (χ2n) is 9.46. The second-order valence-corrected chi connectivity index (χ2v) is 9.46. The topological polar surface area (TPSA) is 29.5 Å². The highest BCUT2D eigenvalue weighted by atomic mass is 16.5. The van der Waals surface area contributed by atoms with Crippen LogP contribution in [0.3, 0.4) is 0 Å². The lowest BCUT2D eigenvalue weighted by molar-refractivity contribution is -0.126. The van der Waals surface area contributed by atoms with Crippen LogP contribution in [0.2, 0.25) is 0 Å². The first-order valence-corrected chi connectivity index (χ1v) is 10.0. The van der Waals surface area contributed by atoms with Gasteiger partial charge in [0.05, 0.1) is 11.7 Å². The highest BCUT2D eigenvalue weighted by Gasteiger charge is 2.23. The third-order valence-electron chi connectivity index (χ3n) is 4.77. The van der Waals surface area contributed by atoms with E-state index in [1.165, 1.54) is 58.2 Å². The summed E-state index contributed by atoms with van der Waals surface area (Å²) in [7, 11) is 0. The van der Waals surface area contributed by atoms with Crippen molar-refractivity contribution in [3.8, 4) is 0 Å². The average molecular weight is 340 g/mol.